The van der Waals surface area contributed by atoms with Crippen LogP contribution in [0.4, 0.5) is 0 Å². The van der Waals surface area contributed by atoms with Crippen LogP contribution in [0.2, 0.25) is 0 Å². The third-order valence-electron chi connectivity index (χ3n) is 3.66. The van der Waals surface area contributed by atoms with Crippen molar-refractivity contribution in [3.05, 3.63) is 18.2 Å². The molecule has 1 aromatic heterocycles. The number of rotatable bonds is 5. The highest BCUT2D eigenvalue weighted by Gasteiger charge is 2.28. The molecule has 1 heterocycles. The van der Waals surface area contributed by atoms with Crippen LogP contribution in [-0.4, -0.2) is 40.1 Å². The minimum Gasteiger partial charge on any atom is -0.338 e. The highest BCUT2D eigenvalue weighted by Crippen LogP contribution is 2.17. The van der Waals surface area contributed by atoms with E-state index in [0.717, 1.165) is 18.7 Å². The van der Waals surface area contributed by atoms with Crippen LogP contribution in [-0.2, 0) is 13.5 Å². The molecule has 0 radical (unpaired) electrons. The van der Waals surface area contributed by atoms with Crippen molar-refractivity contribution in [2.24, 2.45) is 12.8 Å². The fourth-order valence-corrected chi connectivity index (χ4v) is 1.61. The monoisotopic (exact) mass is 224 g/mol. The molecule has 0 aromatic carbocycles. The zero-order chi connectivity index (χ0) is 12.3. The Bertz CT molecular complexity index is 328. The predicted octanol–water partition coefficient (Wildman–Crippen LogP) is 1.02. The Hall–Kier alpha value is -0.870. The molecular weight excluding hydrogens is 200 g/mol. The van der Waals surface area contributed by atoms with Gasteiger partial charge in [0.1, 0.15) is 5.82 Å². The van der Waals surface area contributed by atoms with E-state index >= 15 is 0 Å². The minimum absolute atomic E-state index is 0.0190. The Kier molecular flexibility index (Phi) is 4.10. The molecule has 4 nitrogen and oxygen atoms in total. The average Bonchev–Trinajstić information content (AvgIpc) is 2.60. The summed E-state index contributed by atoms with van der Waals surface area (Å²) in [5, 5.41) is 0. The normalized spacial score (nSPS) is 14.4. The van der Waals surface area contributed by atoms with Gasteiger partial charge in [-0.05, 0) is 34.4 Å². The van der Waals surface area contributed by atoms with E-state index in [1.807, 2.05) is 19.4 Å². The molecule has 1 atom stereocenters. The molecule has 0 aliphatic rings. The number of nitrogens with zero attached hydrogens (tertiary/aromatic N) is 3. The van der Waals surface area contributed by atoms with Crippen LogP contribution in [0, 0.1) is 0 Å². The summed E-state index contributed by atoms with van der Waals surface area (Å²) in [7, 11) is 6.16. The van der Waals surface area contributed by atoms with E-state index in [9.17, 15) is 0 Å². The molecule has 0 amide bonds. The third-order valence-corrected chi connectivity index (χ3v) is 3.66. The van der Waals surface area contributed by atoms with Crippen LogP contribution < -0.4 is 5.73 Å². The molecule has 1 aromatic rings. The van der Waals surface area contributed by atoms with Crippen molar-refractivity contribution < 1.29 is 0 Å². The van der Waals surface area contributed by atoms with Gasteiger partial charge in [0, 0.05) is 37.4 Å². The van der Waals surface area contributed by atoms with Gasteiger partial charge in [0.25, 0.3) is 0 Å². The van der Waals surface area contributed by atoms with Crippen molar-refractivity contribution >= 4 is 0 Å². The standard InChI is InChI=1S/C12H24N4/c1-12(2,15(3)4)10(13)6-7-11-14-8-9-16(11)5/h8-10H,6-7,13H2,1-5H3. The second-order valence-corrected chi connectivity index (χ2v) is 5.15. The van der Waals surface area contributed by atoms with Crippen LogP contribution >= 0.6 is 0 Å². The van der Waals surface area contributed by atoms with Crippen molar-refractivity contribution in [2.75, 3.05) is 14.1 Å². The lowest BCUT2D eigenvalue weighted by atomic mass is 9.90. The van der Waals surface area contributed by atoms with Gasteiger partial charge in [-0.3, -0.25) is 0 Å². The fraction of sp³-hybridized carbons (Fsp3) is 0.750. The quantitative estimate of drug-likeness (QED) is 0.812. The Morgan fingerprint density at radius 3 is 2.56 bits per heavy atom. The zero-order valence-electron chi connectivity index (χ0n) is 11.1. The van der Waals surface area contributed by atoms with Gasteiger partial charge in [-0.2, -0.15) is 0 Å². The summed E-state index contributed by atoms with van der Waals surface area (Å²) in [5.41, 5.74) is 6.26. The van der Waals surface area contributed by atoms with Gasteiger partial charge in [0.2, 0.25) is 0 Å². The topological polar surface area (TPSA) is 47.1 Å². The molecule has 2 N–H and O–H groups in total. The van der Waals surface area contributed by atoms with E-state index in [1.54, 1.807) is 0 Å². The van der Waals surface area contributed by atoms with Crippen molar-refractivity contribution in [3.8, 4) is 0 Å². The first-order valence-corrected chi connectivity index (χ1v) is 5.75. The maximum atomic E-state index is 6.24. The molecule has 4 heteroatoms. The lowest BCUT2D eigenvalue weighted by Gasteiger charge is -2.38. The molecular formula is C12H24N4. The summed E-state index contributed by atoms with van der Waals surface area (Å²) < 4.78 is 2.05. The van der Waals surface area contributed by atoms with Gasteiger partial charge in [0.05, 0.1) is 0 Å². The van der Waals surface area contributed by atoms with E-state index in [2.05, 4.69) is 42.4 Å². The van der Waals surface area contributed by atoms with Crippen molar-refractivity contribution in [2.45, 2.75) is 38.3 Å². The summed E-state index contributed by atoms with van der Waals surface area (Å²) in [6.07, 6.45) is 5.69. The second-order valence-electron chi connectivity index (χ2n) is 5.15. The number of hydrogen-bond donors (Lipinski definition) is 1. The maximum Gasteiger partial charge on any atom is 0.108 e. The number of likely N-dealkylation sites (N-methyl/N-ethyl adjacent to an activating group) is 1. The summed E-state index contributed by atoms with van der Waals surface area (Å²) in [4.78, 5) is 6.49. The van der Waals surface area contributed by atoms with Gasteiger partial charge in [-0.15, -0.1) is 0 Å². The maximum absolute atomic E-state index is 6.24. The number of aromatic nitrogens is 2. The minimum atomic E-state index is 0.0190. The molecule has 1 rings (SSSR count). The summed E-state index contributed by atoms with van der Waals surface area (Å²) in [6.45, 7) is 4.35. The van der Waals surface area contributed by atoms with Crippen LogP contribution in [0.5, 0.6) is 0 Å². The third kappa shape index (κ3) is 2.83. The molecule has 16 heavy (non-hydrogen) atoms. The average molecular weight is 224 g/mol. The SMILES string of the molecule is CN(C)C(C)(C)C(N)CCc1nccn1C. The van der Waals surface area contributed by atoms with E-state index in [0.29, 0.717) is 0 Å². The Morgan fingerprint density at radius 1 is 1.50 bits per heavy atom. The summed E-state index contributed by atoms with van der Waals surface area (Å²) in [5.74, 6) is 1.10. The Labute approximate surface area is 98.5 Å². The van der Waals surface area contributed by atoms with E-state index in [4.69, 9.17) is 5.73 Å². The molecule has 0 aliphatic heterocycles. The molecule has 92 valence electrons. The number of nitrogens with two attached hydrogens (primary N) is 1. The molecule has 0 saturated heterocycles. The molecule has 0 fully saturated rings. The van der Waals surface area contributed by atoms with Gasteiger partial charge < -0.3 is 15.2 Å². The van der Waals surface area contributed by atoms with Gasteiger partial charge in [0.15, 0.2) is 0 Å². The van der Waals surface area contributed by atoms with Gasteiger partial charge >= 0.3 is 0 Å². The van der Waals surface area contributed by atoms with Crippen LogP contribution in [0.1, 0.15) is 26.1 Å². The highest BCUT2D eigenvalue weighted by molar-refractivity contribution is 4.95. The Morgan fingerprint density at radius 2 is 2.12 bits per heavy atom. The van der Waals surface area contributed by atoms with Crippen molar-refractivity contribution in [3.63, 3.8) is 0 Å². The molecule has 1 unspecified atom stereocenters. The lowest BCUT2D eigenvalue weighted by Crippen LogP contribution is -2.53. The molecule has 0 saturated carbocycles. The van der Waals surface area contributed by atoms with E-state index in [1.165, 1.54) is 0 Å². The lowest BCUT2D eigenvalue weighted by molar-refractivity contribution is 0.153. The molecule has 0 aliphatic carbocycles. The smallest absolute Gasteiger partial charge is 0.108 e. The first kappa shape index (κ1) is 13.2. The number of aryl methyl sites for hydroxylation is 2. The summed E-state index contributed by atoms with van der Waals surface area (Å²) in [6, 6.07) is 0.152. The van der Waals surface area contributed by atoms with Crippen LogP contribution in [0.3, 0.4) is 0 Å². The first-order chi connectivity index (χ1) is 7.35. The first-order valence-electron chi connectivity index (χ1n) is 5.75. The molecule has 0 spiro atoms. The fourth-order valence-electron chi connectivity index (χ4n) is 1.61. The highest BCUT2D eigenvalue weighted by atomic mass is 15.2. The van der Waals surface area contributed by atoms with Crippen molar-refractivity contribution in [1.29, 1.82) is 0 Å². The largest absolute Gasteiger partial charge is 0.338 e. The van der Waals surface area contributed by atoms with E-state index < -0.39 is 0 Å². The predicted molar refractivity (Wildman–Crippen MR) is 67.3 cm³/mol. The molecule has 0 bridgehead atoms. The number of imidazole rings is 1. The Balaban J connectivity index is 2.53. The second kappa shape index (κ2) is 4.97. The van der Waals surface area contributed by atoms with Gasteiger partial charge in [-0.1, -0.05) is 0 Å². The number of hydrogen-bond acceptors (Lipinski definition) is 3. The summed E-state index contributed by atoms with van der Waals surface area (Å²) >= 11 is 0. The van der Waals surface area contributed by atoms with Crippen LogP contribution in [0.15, 0.2) is 12.4 Å². The van der Waals surface area contributed by atoms with Crippen molar-refractivity contribution in [1.82, 2.24) is 14.5 Å². The van der Waals surface area contributed by atoms with Gasteiger partial charge in [-0.25, -0.2) is 4.98 Å². The van der Waals surface area contributed by atoms with Crippen LogP contribution in [0.25, 0.3) is 0 Å². The zero-order valence-corrected chi connectivity index (χ0v) is 11.1. The van der Waals surface area contributed by atoms with E-state index in [-0.39, 0.29) is 11.6 Å².